The molecule has 3 N–H and O–H groups in total. The number of rotatable bonds is 6. The van der Waals surface area contributed by atoms with Gasteiger partial charge in [-0.3, -0.25) is 0 Å². The van der Waals surface area contributed by atoms with Crippen molar-refractivity contribution in [1.82, 2.24) is 10.3 Å². The third-order valence-corrected chi connectivity index (χ3v) is 2.28. The van der Waals surface area contributed by atoms with Gasteiger partial charge in [0.25, 0.3) is 0 Å². The summed E-state index contributed by atoms with van der Waals surface area (Å²) in [6.07, 6.45) is 3.98. The second-order valence-electron chi connectivity index (χ2n) is 3.69. The summed E-state index contributed by atoms with van der Waals surface area (Å²) in [6.45, 7) is 3.53. The summed E-state index contributed by atoms with van der Waals surface area (Å²) in [4.78, 5) is 8.32. The largest absolute Gasteiger partial charge is 0.481 e. The Morgan fingerprint density at radius 2 is 2.28 bits per heavy atom. The van der Waals surface area contributed by atoms with Gasteiger partial charge in [0, 0.05) is 18.8 Å². The molecule has 18 heavy (non-hydrogen) atoms. The van der Waals surface area contributed by atoms with Gasteiger partial charge in [0.2, 0.25) is 5.88 Å². The zero-order valence-corrected chi connectivity index (χ0v) is 13.2. The van der Waals surface area contributed by atoms with Crippen molar-refractivity contribution in [2.24, 2.45) is 10.7 Å². The monoisotopic (exact) mass is 364 g/mol. The maximum Gasteiger partial charge on any atom is 0.212 e. The highest BCUT2D eigenvalue weighted by atomic mass is 127. The summed E-state index contributed by atoms with van der Waals surface area (Å²) >= 11 is 0. The van der Waals surface area contributed by atoms with Gasteiger partial charge in [-0.1, -0.05) is 19.4 Å². The number of nitrogens with two attached hydrogens (primary N) is 1. The van der Waals surface area contributed by atoms with Crippen molar-refractivity contribution in [3.63, 3.8) is 0 Å². The van der Waals surface area contributed by atoms with E-state index in [1.165, 1.54) is 0 Å². The van der Waals surface area contributed by atoms with E-state index in [1.807, 2.05) is 12.1 Å². The van der Waals surface area contributed by atoms with Gasteiger partial charge in [-0.25, -0.2) is 9.98 Å². The van der Waals surface area contributed by atoms with Crippen LogP contribution in [0.5, 0.6) is 5.88 Å². The lowest BCUT2D eigenvalue weighted by atomic mass is 10.3. The molecule has 1 rings (SSSR count). The van der Waals surface area contributed by atoms with Gasteiger partial charge in [0.1, 0.15) is 0 Å². The van der Waals surface area contributed by atoms with E-state index in [9.17, 15) is 0 Å². The van der Waals surface area contributed by atoms with Crippen LogP contribution in [0.15, 0.2) is 23.3 Å². The maximum atomic E-state index is 5.71. The number of methoxy groups -OCH3 is 1. The molecule has 5 nitrogen and oxygen atoms in total. The van der Waals surface area contributed by atoms with Gasteiger partial charge in [0.05, 0.1) is 13.7 Å². The summed E-state index contributed by atoms with van der Waals surface area (Å²) in [7, 11) is 1.59. The van der Waals surface area contributed by atoms with Crippen LogP contribution in [-0.4, -0.2) is 24.6 Å². The highest BCUT2D eigenvalue weighted by molar-refractivity contribution is 14.0. The SMILES string of the molecule is CCCCNC(N)=NCc1ccc(OC)nc1.I. The zero-order valence-electron chi connectivity index (χ0n) is 10.8. The van der Waals surface area contributed by atoms with Crippen LogP contribution in [0.3, 0.4) is 0 Å². The summed E-state index contributed by atoms with van der Waals surface area (Å²) in [5.74, 6) is 1.08. The van der Waals surface area contributed by atoms with Crippen molar-refractivity contribution in [1.29, 1.82) is 0 Å². The molecule has 0 saturated heterocycles. The first-order valence-electron chi connectivity index (χ1n) is 5.79. The third-order valence-electron chi connectivity index (χ3n) is 2.28. The van der Waals surface area contributed by atoms with Crippen molar-refractivity contribution >= 4 is 29.9 Å². The first-order valence-corrected chi connectivity index (χ1v) is 5.79. The predicted molar refractivity (Wildman–Crippen MR) is 84.4 cm³/mol. The van der Waals surface area contributed by atoms with Gasteiger partial charge in [-0.2, -0.15) is 0 Å². The molecule has 0 amide bonds. The molecule has 0 aliphatic carbocycles. The lowest BCUT2D eigenvalue weighted by Crippen LogP contribution is -2.32. The summed E-state index contributed by atoms with van der Waals surface area (Å²) in [5, 5.41) is 3.06. The second-order valence-corrected chi connectivity index (χ2v) is 3.69. The van der Waals surface area contributed by atoms with Gasteiger partial charge in [-0.05, 0) is 12.0 Å². The number of guanidine groups is 1. The number of unbranched alkanes of at least 4 members (excludes halogenated alkanes) is 1. The minimum absolute atomic E-state index is 0. The molecule has 0 aliphatic heterocycles. The van der Waals surface area contributed by atoms with E-state index in [-0.39, 0.29) is 24.0 Å². The predicted octanol–water partition coefficient (Wildman–Crippen LogP) is 1.91. The minimum atomic E-state index is 0. The van der Waals surface area contributed by atoms with Crippen LogP contribution in [-0.2, 0) is 6.54 Å². The second kappa shape index (κ2) is 9.93. The fraction of sp³-hybridized carbons (Fsp3) is 0.500. The number of nitrogens with zero attached hydrogens (tertiary/aromatic N) is 2. The van der Waals surface area contributed by atoms with Gasteiger partial charge in [-0.15, -0.1) is 24.0 Å². The van der Waals surface area contributed by atoms with Gasteiger partial charge < -0.3 is 15.8 Å². The normalized spacial score (nSPS) is 10.7. The third kappa shape index (κ3) is 6.63. The molecule has 0 spiro atoms. The Balaban J connectivity index is 0.00000289. The van der Waals surface area contributed by atoms with E-state index in [4.69, 9.17) is 10.5 Å². The summed E-state index contributed by atoms with van der Waals surface area (Å²) < 4.78 is 4.98. The lowest BCUT2D eigenvalue weighted by molar-refractivity contribution is 0.397. The van der Waals surface area contributed by atoms with E-state index >= 15 is 0 Å². The lowest BCUT2D eigenvalue weighted by Gasteiger charge is -2.04. The van der Waals surface area contributed by atoms with E-state index in [1.54, 1.807) is 13.3 Å². The van der Waals surface area contributed by atoms with Crippen molar-refractivity contribution < 1.29 is 4.74 Å². The van der Waals surface area contributed by atoms with Crippen molar-refractivity contribution in [3.05, 3.63) is 23.9 Å². The first-order chi connectivity index (χ1) is 8.26. The van der Waals surface area contributed by atoms with Gasteiger partial charge >= 0.3 is 0 Å². The van der Waals surface area contributed by atoms with Crippen molar-refractivity contribution in [2.45, 2.75) is 26.3 Å². The fourth-order valence-electron chi connectivity index (χ4n) is 1.25. The number of pyridine rings is 1. The molecule has 0 aliphatic rings. The Kier molecular flexibility index (Phi) is 9.35. The number of aromatic nitrogens is 1. The van der Waals surface area contributed by atoms with Crippen LogP contribution in [0, 0.1) is 0 Å². The Labute approximate surface area is 125 Å². The molecule has 1 aromatic heterocycles. The standard InChI is InChI=1S/C12H20N4O.HI/c1-3-4-7-14-12(13)16-9-10-5-6-11(17-2)15-8-10;/h5-6,8H,3-4,7,9H2,1-2H3,(H3,13,14,16);1H. The van der Waals surface area contributed by atoms with Crippen LogP contribution in [0.4, 0.5) is 0 Å². The maximum absolute atomic E-state index is 5.71. The number of nitrogens with one attached hydrogen (secondary N) is 1. The molecule has 0 aromatic carbocycles. The van der Waals surface area contributed by atoms with E-state index in [0.717, 1.165) is 24.9 Å². The molecule has 0 bridgehead atoms. The molecule has 0 saturated carbocycles. The highest BCUT2D eigenvalue weighted by Crippen LogP contribution is 2.07. The highest BCUT2D eigenvalue weighted by Gasteiger charge is 1.95. The molecule has 102 valence electrons. The molecule has 0 unspecified atom stereocenters. The Hall–Kier alpha value is -1.05. The Morgan fingerprint density at radius 3 is 2.83 bits per heavy atom. The molecular formula is C12H21IN4O. The minimum Gasteiger partial charge on any atom is -0.481 e. The topological polar surface area (TPSA) is 72.5 Å². The fourth-order valence-corrected chi connectivity index (χ4v) is 1.25. The number of ether oxygens (including phenoxy) is 1. The smallest absolute Gasteiger partial charge is 0.212 e. The van der Waals surface area contributed by atoms with Crippen molar-refractivity contribution in [3.8, 4) is 5.88 Å². The van der Waals surface area contributed by atoms with Crippen LogP contribution in [0.1, 0.15) is 25.3 Å². The van der Waals surface area contributed by atoms with Gasteiger partial charge in [0.15, 0.2) is 5.96 Å². The first kappa shape index (κ1) is 16.9. The molecule has 0 atom stereocenters. The van der Waals surface area contributed by atoms with Crippen LogP contribution in [0.25, 0.3) is 0 Å². The summed E-state index contributed by atoms with van der Waals surface area (Å²) in [6, 6.07) is 3.74. The number of aliphatic imine (C=N–C) groups is 1. The van der Waals surface area contributed by atoms with Crippen molar-refractivity contribution in [2.75, 3.05) is 13.7 Å². The Morgan fingerprint density at radius 1 is 1.50 bits per heavy atom. The molecule has 6 heteroatoms. The van der Waals surface area contributed by atoms with Crippen LogP contribution < -0.4 is 15.8 Å². The van der Waals surface area contributed by atoms with Crippen LogP contribution >= 0.6 is 24.0 Å². The quantitative estimate of drug-likeness (QED) is 0.350. The summed E-state index contributed by atoms with van der Waals surface area (Å²) in [5.41, 5.74) is 6.72. The van der Waals surface area contributed by atoms with Crippen LogP contribution in [0.2, 0.25) is 0 Å². The van der Waals surface area contributed by atoms with E-state index in [2.05, 4.69) is 22.2 Å². The Bertz CT molecular complexity index is 354. The molecule has 1 heterocycles. The van der Waals surface area contributed by atoms with E-state index in [0.29, 0.717) is 18.4 Å². The van der Waals surface area contributed by atoms with E-state index < -0.39 is 0 Å². The average molecular weight is 364 g/mol. The zero-order chi connectivity index (χ0) is 12.5. The molecule has 0 radical (unpaired) electrons. The number of hydrogen-bond acceptors (Lipinski definition) is 3. The molecular weight excluding hydrogens is 343 g/mol. The number of hydrogen-bond donors (Lipinski definition) is 2. The molecule has 0 fully saturated rings. The molecule has 1 aromatic rings. The average Bonchev–Trinajstić information content (AvgIpc) is 2.37. The number of halogens is 1.